The second kappa shape index (κ2) is 7.37. The second-order valence-electron chi connectivity index (χ2n) is 5.40. The fourth-order valence-electron chi connectivity index (χ4n) is 2.55. The summed E-state index contributed by atoms with van der Waals surface area (Å²) in [4.78, 5) is 21.7. The maximum absolute atomic E-state index is 12.0. The fraction of sp³-hybridized carbons (Fsp3) is 0.222. The predicted molar refractivity (Wildman–Crippen MR) is 99.1 cm³/mol. The lowest BCUT2D eigenvalue weighted by Crippen LogP contribution is -2.01. The normalized spacial score (nSPS) is 10.5. The predicted octanol–water partition coefficient (Wildman–Crippen LogP) is 3.33. The summed E-state index contributed by atoms with van der Waals surface area (Å²) < 4.78 is 10.4. The first kappa shape index (κ1) is 17.6. The molecule has 2 aromatic heterocycles. The third-order valence-corrected chi connectivity index (χ3v) is 4.65. The summed E-state index contributed by atoms with van der Waals surface area (Å²) in [5, 5.41) is 9.36. The molecule has 0 amide bonds. The van der Waals surface area contributed by atoms with E-state index in [0.29, 0.717) is 27.8 Å². The largest absolute Gasteiger partial charge is 0.479 e. The number of nitrogens with two attached hydrogens (primary N) is 1. The molecular weight excluding hydrogens is 352 g/mol. The van der Waals surface area contributed by atoms with Crippen molar-refractivity contribution in [1.82, 2.24) is 9.97 Å². The van der Waals surface area contributed by atoms with Gasteiger partial charge in [0.2, 0.25) is 5.95 Å². The zero-order valence-electron chi connectivity index (χ0n) is 14.3. The van der Waals surface area contributed by atoms with E-state index < -0.39 is 5.97 Å². The van der Waals surface area contributed by atoms with Gasteiger partial charge in [-0.3, -0.25) is 0 Å². The molecule has 0 saturated heterocycles. The summed E-state index contributed by atoms with van der Waals surface area (Å²) in [6, 6.07) is 9.11. The molecule has 0 aliphatic rings. The minimum atomic E-state index is -0.392. The third-order valence-electron chi connectivity index (χ3n) is 3.64. The number of nitrogens with zero attached hydrogens (tertiary/aromatic N) is 3. The van der Waals surface area contributed by atoms with Crippen LogP contribution in [0.1, 0.15) is 22.2 Å². The lowest BCUT2D eigenvalue weighted by Gasteiger charge is -2.09. The number of anilines is 1. The van der Waals surface area contributed by atoms with E-state index >= 15 is 0 Å². The van der Waals surface area contributed by atoms with Crippen LogP contribution in [0.15, 0.2) is 24.3 Å². The number of hydrogen-bond acceptors (Lipinski definition) is 8. The van der Waals surface area contributed by atoms with Gasteiger partial charge >= 0.3 is 5.97 Å². The zero-order valence-corrected chi connectivity index (χ0v) is 15.1. The standard InChI is InChI=1S/C18H16N4O3S/c1-3-24-17(23)14-9-13-15(21-18(20)22-16(13)26-14)12-5-4-11(8-10(12)2)25-7-6-19/h4-5,8-9H,3,7H2,1-2H3,(H2,20,21,22). The van der Waals surface area contributed by atoms with Gasteiger partial charge in [0.1, 0.15) is 21.5 Å². The molecule has 3 aromatic rings. The highest BCUT2D eigenvalue weighted by atomic mass is 32.1. The zero-order chi connectivity index (χ0) is 18.7. The molecule has 0 aliphatic heterocycles. The van der Waals surface area contributed by atoms with E-state index in [1.54, 1.807) is 19.1 Å². The van der Waals surface area contributed by atoms with Gasteiger partial charge in [0.05, 0.1) is 12.3 Å². The SMILES string of the molecule is CCOC(=O)c1cc2c(-c3ccc(OCC#N)cc3C)nc(N)nc2s1. The van der Waals surface area contributed by atoms with Crippen LogP contribution in [0.25, 0.3) is 21.5 Å². The van der Waals surface area contributed by atoms with Crippen LogP contribution in [-0.4, -0.2) is 29.2 Å². The Balaban J connectivity index is 2.10. The van der Waals surface area contributed by atoms with E-state index in [9.17, 15) is 4.79 Å². The second-order valence-corrected chi connectivity index (χ2v) is 6.43. The number of esters is 1. The van der Waals surface area contributed by atoms with Crippen LogP contribution in [0.2, 0.25) is 0 Å². The van der Waals surface area contributed by atoms with Crippen LogP contribution in [0.3, 0.4) is 0 Å². The third kappa shape index (κ3) is 3.43. The van der Waals surface area contributed by atoms with Crippen LogP contribution in [0.5, 0.6) is 5.75 Å². The summed E-state index contributed by atoms with van der Waals surface area (Å²) in [5.74, 6) is 0.342. The van der Waals surface area contributed by atoms with Crippen molar-refractivity contribution >= 4 is 33.5 Å². The molecule has 0 atom stereocenters. The van der Waals surface area contributed by atoms with E-state index in [1.165, 1.54) is 11.3 Å². The Hall–Kier alpha value is -3.18. The molecule has 0 spiro atoms. The van der Waals surface area contributed by atoms with Gasteiger partial charge in [0.15, 0.2) is 6.61 Å². The average Bonchev–Trinajstić information content (AvgIpc) is 3.03. The lowest BCUT2D eigenvalue weighted by atomic mass is 10.0. The first-order valence-electron chi connectivity index (χ1n) is 7.88. The first-order valence-corrected chi connectivity index (χ1v) is 8.70. The number of ether oxygens (including phenoxy) is 2. The number of fused-ring (bicyclic) bond motifs is 1. The number of nitrogen functional groups attached to an aromatic ring is 1. The van der Waals surface area contributed by atoms with Crippen molar-refractivity contribution in [2.45, 2.75) is 13.8 Å². The van der Waals surface area contributed by atoms with E-state index in [-0.39, 0.29) is 12.6 Å². The highest BCUT2D eigenvalue weighted by Crippen LogP contribution is 2.35. The van der Waals surface area contributed by atoms with Crippen molar-refractivity contribution in [3.05, 3.63) is 34.7 Å². The van der Waals surface area contributed by atoms with Crippen molar-refractivity contribution in [3.8, 4) is 23.1 Å². The summed E-state index contributed by atoms with van der Waals surface area (Å²) in [6.07, 6.45) is 0. The molecule has 2 N–H and O–H groups in total. The molecule has 132 valence electrons. The molecule has 0 aliphatic carbocycles. The summed E-state index contributed by atoms with van der Waals surface area (Å²) in [6.45, 7) is 3.96. The first-order chi connectivity index (χ1) is 12.5. The number of nitriles is 1. The van der Waals surface area contributed by atoms with Gasteiger partial charge in [-0.05, 0) is 43.7 Å². The highest BCUT2D eigenvalue weighted by molar-refractivity contribution is 7.20. The summed E-state index contributed by atoms with van der Waals surface area (Å²) in [5.41, 5.74) is 8.26. The van der Waals surface area contributed by atoms with Crippen molar-refractivity contribution in [3.63, 3.8) is 0 Å². The Morgan fingerprint density at radius 1 is 1.35 bits per heavy atom. The minimum Gasteiger partial charge on any atom is -0.479 e. The van der Waals surface area contributed by atoms with Crippen LogP contribution >= 0.6 is 11.3 Å². The van der Waals surface area contributed by atoms with Crippen molar-refractivity contribution in [1.29, 1.82) is 5.26 Å². The van der Waals surface area contributed by atoms with Crippen LogP contribution in [0, 0.1) is 18.3 Å². The Kier molecular flexibility index (Phi) is 5.00. The fourth-order valence-corrected chi connectivity index (χ4v) is 3.49. The Bertz CT molecular complexity index is 1020. The molecule has 3 rings (SSSR count). The van der Waals surface area contributed by atoms with Crippen molar-refractivity contribution in [2.75, 3.05) is 18.9 Å². The number of thiophene rings is 1. The van der Waals surface area contributed by atoms with Gasteiger partial charge in [-0.2, -0.15) is 5.26 Å². The van der Waals surface area contributed by atoms with Gasteiger partial charge in [0.25, 0.3) is 0 Å². The lowest BCUT2D eigenvalue weighted by molar-refractivity contribution is 0.0532. The van der Waals surface area contributed by atoms with E-state index in [0.717, 1.165) is 16.5 Å². The molecule has 0 bridgehead atoms. The maximum Gasteiger partial charge on any atom is 0.348 e. The van der Waals surface area contributed by atoms with Crippen LogP contribution < -0.4 is 10.5 Å². The van der Waals surface area contributed by atoms with Crippen molar-refractivity contribution < 1.29 is 14.3 Å². The molecule has 8 heteroatoms. The monoisotopic (exact) mass is 368 g/mol. The number of hydrogen-bond donors (Lipinski definition) is 1. The maximum atomic E-state index is 12.0. The summed E-state index contributed by atoms with van der Waals surface area (Å²) in [7, 11) is 0. The van der Waals surface area contributed by atoms with Gasteiger partial charge in [-0.15, -0.1) is 11.3 Å². The number of aromatic nitrogens is 2. The highest BCUT2D eigenvalue weighted by Gasteiger charge is 2.18. The number of carbonyl (C=O) groups excluding carboxylic acids is 1. The van der Waals surface area contributed by atoms with Crippen LogP contribution in [-0.2, 0) is 4.74 Å². The molecule has 1 aromatic carbocycles. The molecular formula is C18H16N4O3S. The van der Waals surface area contributed by atoms with E-state index in [1.807, 2.05) is 25.1 Å². The Labute approximate surface area is 154 Å². The molecule has 0 fully saturated rings. The molecule has 0 radical (unpaired) electrons. The number of carbonyl (C=O) groups is 1. The van der Waals surface area contributed by atoms with Gasteiger partial charge in [-0.1, -0.05) is 0 Å². The quantitative estimate of drug-likeness (QED) is 0.688. The summed E-state index contributed by atoms with van der Waals surface area (Å²) >= 11 is 1.22. The van der Waals surface area contributed by atoms with E-state index in [2.05, 4.69) is 9.97 Å². The smallest absolute Gasteiger partial charge is 0.348 e. The van der Waals surface area contributed by atoms with Crippen LogP contribution in [0.4, 0.5) is 5.95 Å². The molecule has 0 saturated carbocycles. The van der Waals surface area contributed by atoms with Crippen molar-refractivity contribution in [2.24, 2.45) is 0 Å². The minimum absolute atomic E-state index is 0.0169. The average molecular weight is 368 g/mol. The van der Waals surface area contributed by atoms with Gasteiger partial charge in [0, 0.05) is 10.9 Å². The molecule has 26 heavy (non-hydrogen) atoms. The molecule has 7 nitrogen and oxygen atoms in total. The number of aryl methyl sites for hydroxylation is 1. The Morgan fingerprint density at radius 3 is 2.85 bits per heavy atom. The van der Waals surface area contributed by atoms with E-state index in [4.69, 9.17) is 20.5 Å². The van der Waals surface area contributed by atoms with Gasteiger partial charge < -0.3 is 15.2 Å². The van der Waals surface area contributed by atoms with Gasteiger partial charge in [-0.25, -0.2) is 14.8 Å². The molecule has 2 heterocycles. The Morgan fingerprint density at radius 2 is 2.15 bits per heavy atom. The number of rotatable bonds is 5. The number of benzene rings is 1. The molecule has 0 unspecified atom stereocenters. The topological polar surface area (TPSA) is 111 Å².